The van der Waals surface area contributed by atoms with Crippen LogP contribution in [0.15, 0.2) is 23.8 Å². The van der Waals surface area contributed by atoms with Crippen LogP contribution in [-0.4, -0.2) is 94.8 Å². The molecule has 0 radical (unpaired) electrons. The fourth-order valence-electron chi connectivity index (χ4n) is 8.72. The summed E-state index contributed by atoms with van der Waals surface area (Å²) in [6.45, 7) is 5.58. The number of hydrogen-bond donors (Lipinski definition) is 6. The second kappa shape index (κ2) is 14.5. The van der Waals surface area contributed by atoms with Gasteiger partial charge in [-0.15, -0.1) is 0 Å². The van der Waals surface area contributed by atoms with Crippen molar-refractivity contribution in [2.45, 2.75) is 89.3 Å². The Labute approximate surface area is 287 Å². The molecule has 0 aromatic carbocycles. The Kier molecular flexibility index (Phi) is 11.4. The van der Waals surface area contributed by atoms with Crippen molar-refractivity contribution in [3.63, 3.8) is 0 Å². The van der Waals surface area contributed by atoms with Crippen molar-refractivity contribution in [2.75, 3.05) is 25.6 Å². The van der Waals surface area contributed by atoms with Gasteiger partial charge in [-0.05, 0) is 62.2 Å². The molecule has 0 aliphatic heterocycles. The second-order valence-electron chi connectivity index (χ2n) is 14.2. The zero-order chi connectivity index (χ0) is 36.5. The highest BCUT2D eigenvalue weighted by Crippen LogP contribution is 2.70. The summed E-state index contributed by atoms with van der Waals surface area (Å²) in [6.07, 6.45) is -0.631. The summed E-state index contributed by atoms with van der Waals surface area (Å²) in [6, 6.07) is -2.09. The minimum absolute atomic E-state index is 0.00969. The van der Waals surface area contributed by atoms with Gasteiger partial charge in [-0.2, -0.15) is 0 Å². The first kappa shape index (κ1) is 38.6. The molecule has 7 N–H and O–H groups in total. The normalized spacial score (nSPS) is 35.3. The molecule has 4 aliphatic rings. The highest BCUT2D eigenvalue weighted by molar-refractivity contribution is 8.13. The minimum atomic E-state index is -2.39. The van der Waals surface area contributed by atoms with Gasteiger partial charge in [-0.25, -0.2) is 13.2 Å². The van der Waals surface area contributed by atoms with E-state index in [0.29, 0.717) is 11.8 Å². The van der Waals surface area contributed by atoms with Crippen LogP contribution in [0.5, 0.6) is 0 Å². The topological polar surface area (TPSA) is 197 Å². The lowest BCUT2D eigenvalue weighted by Gasteiger charge is -2.63. The third-order valence-electron chi connectivity index (χ3n) is 11.3. The molecule has 0 spiro atoms. The SMILES string of the molecule is CC(C)[C@H](NC(=O)CNC(=O)CN)C(=O)NCCC(=O)N[C@]1(C(=O)SCF)CC[C@H]2[C@@H]3C[C@H](F)C4=CC(=O)C=C[C@]4(C)[C@@]3(F)[C@@H](O)C[C@@]21C. The second-order valence-corrected chi connectivity index (χ2v) is 15.1. The van der Waals surface area contributed by atoms with Crippen LogP contribution in [0.25, 0.3) is 0 Å². The zero-order valence-corrected chi connectivity index (χ0v) is 28.9. The van der Waals surface area contributed by atoms with Crippen molar-refractivity contribution in [1.82, 2.24) is 21.3 Å². The van der Waals surface area contributed by atoms with Gasteiger partial charge in [0.25, 0.3) is 0 Å². The number of fused-ring (bicyclic) bond motifs is 5. The maximum Gasteiger partial charge on any atom is 0.242 e. The predicted octanol–water partition coefficient (Wildman–Crippen LogP) is 1.07. The Bertz CT molecular complexity index is 1450. The number of carbonyl (C=O) groups is 6. The standard InChI is InChI=1S/C33H46F3N5O7S/c1-17(2)27(40-26(46)15-39-25(45)14-37)28(47)38-10-7-24(44)41-32(29(48)49-16-34)9-6-19-20-12-22(35)21-11-18(42)5-8-30(21,3)33(20,36)23(43)13-31(19,32)4/h5,8,11,17,19-20,22-23,27,43H,6-7,9-10,12-16,37H2,1-4H3,(H,38,47)(H,39,45)(H,40,46)(H,41,44)/t19-,20-,22-,23-,27-,30-,31-,32-,33-/m0/s1. The number of aliphatic hydroxyl groups excluding tert-OH is 1. The van der Waals surface area contributed by atoms with Crippen molar-refractivity contribution in [3.8, 4) is 0 Å². The van der Waals surface area contributed by atoms with Gasteiger partial charge in [0.15, 0.2) is 11.5 Å². The lowest BCUT2D eigenvalue weighted by atomic mass is 9.44. The number of thioether (sulfide) groups is 1. The molecule has 0 unspecified atom stereocenters. The Hall–Kier alpha value is -3.24. The van der Waals surface area contributed by atoms with Crippen LogP contribution >= 0.6 is 11.8 Å². The Balaban J connectivity index is 1.51. The van der Waals surface area contributed by atoms with Gasteiger partial charge in [0.2, 0.25) is 28.7 Å². The van der Waals surface area contributed by atoms with E-state index in [-0.39, 0.29) is 63.2 Å². The van der Waals surface area contributed by atoms with Gasteiger partial charge in [-0.3, -0.25) is 28.8 Å². The molecule has 4 aliphatic carbocycles. The maximum absolute atomic E-state index is 17.5. The summed E-state index contributed by atoms with van der Waals surface area (Å²) in [5.41, 5.74) is -1.88. The van der Waals surface area contributed by atoms with Gasteiger partial charge in [0.05, 0.1) is 19.2 Å². The third kappa shape index (κ3) is 6.67. The van der Waals surface area contributed by atoms with Crippen molar-refractivity contribution in [1.29, 1.82) is 0 Å². The van der Waals surface area contributed by atoms with Crippen molar-refractivity contribution in [3.05, 3.63) is 23.8 Å². The minimum Gasteiger partial charge on any atom is -0.390 e. The molecule has 16 heteroatoms. The molecule has 0 aromatic heterocycles. The van der Waals surface area contributed by atoms with Crippen LogP contribution in [0.2, 0.25) is 0 Å². The first-order valence-corrected chi connectivity index (χ1v) is 17.4. The number of nitrogens with two attached hydrogens (primary N) is 1. The maximum atomic E-state index is 17.5. The molecule has 9 atom stereocenters. The van der Waals surface area contributed by atoms with Crippen LogP contribution in [-0.2, 0) is 28.8 Å². The summed E-state index contributed by atoms with van der Waals surface area (Å²) in [4.78, 5) is 75.8. The zero-order valence-electron chi connectivity index (χ0n) is 28.1. The molecule has 3 fully saturated rings. The van der Waals surface area contributed by atoms with Crippen LogP contribution in [0.3, 0.4) is 0 Å². The molecule has 12 nitrogen and oxygen atoms in total. The first-order valence-electron chi connectivity index (χ1n) is 16.5. The van der Waals surface area contributed by atoms with E-state index >= 15 is 8.78 Å². The van der Waals surface area contributed by atoms with Gasteiger partial charge < -0.3 is 32.1 Å². The molecular weight excluding hydrogens is 667 g/mol. The van der Waals surface area contributed by atoms with E-state index < -0.39 is 92.7 Å². The van der Waals surface area contributed by atoms with Crippen LogP contribution < -0.4 is 27.0 Å². The van der Waals surface area contributed by atoms with Crippen LogP contribution in [0, 0.1) is 28.6 Å². The highest BCUT2D eigenvalue weighted by atomic mass is 32.2. The number of hydrogen-bond acceptors (Lipinski definition) is 9. The molecular formula is C33H46F3N5O7S. The van der Waals surface area contributed by atoms with E-state index in [2.05, 4.69) is 21.3 Å². The largest absolute Gasteiger partial charge is 0.390 e. The predicted molar refractivity (Wildman–Crippen MR) is 175 cm³/mol. The van der Waals surface area contributed by atoms with E-state index in [4.69, 9.17) is 5.73 Å². The molecule has 4 amide bonds. The Morgan fingerprint density at radius 2 is 1.80 bits per heavy atom. The molecule has 0 saturated heterocycles. The lowest BCUT2D eigenvalue weighted by molar-refractivity contribution is -0.204. The molecule has 0 heterocycles. The van der Waals surface area contributed by atoms with Crippen molar-refractivity contribution < 1.29 is 47.0 Å². The monoisotopic (exact) mass is 713 g/mol. The fourth-order valence-corrected chi connectivity index (χ4v) is 9.45. The average Bonchev–Trinajstić information content (AvgIpc) is 3.32. The third-order valence-corrected chi connectivity index (χ3v) is 12.0. The number of allylic oxidation sites excluding steroid dienone is 4. The molecule has 3 saturated carbocycles. The number of rotatable bonds is 12. The lowest BCUT2D eigenvalue weighted by Crippen LogP contribution is -2.72. The van der Waals surface area contributed by atoms with Gasteiger partial charge in [0, 0.05) is 29.7 Å². The number of aliphatic hydroxyl groups is 1. The van der Waals surface area contributed by atoms with Crippen molar-refractivity contribution >= 4 is 46.3 Å². The first-order chi connectivity index (χ1) is 22.9. The fraction of sp³-hybridized carbons (Fsp3) is 0.697. The number of nitrogens with one attached hydrogen (secondary N) is 4. The van der Waals surface area contributed by atoms with Crippen LogP contribution in [0.4, 0.5) is 13.2 Å². The number of amides is 4. The van der Waals surface area contributed by atoms with E-state index in [1.165, 1.54) is 19.1 Å². The molecule has 4 rings (SSSR count). The number of carbonyl (C=O) groups excluding carboxylic acids is 6. The van der Waals surface area contributed by atoms with Gasteiger partial charge >= 0.3 is 0 Å². The summed E-state index contributed by atoms with van der Waals surface area (Å²) in [7, 11) is 0. The van der Waals surface area contributed by atoms with Gasteiger partial charge in [0.1, 0.15) is 23.8 Å². The summed E-state index contributed by atoms with van der Waals surface area (Å²) in [5, 5.41) is 21.1. The van der Waals surface area contributed by atoms with E-state index in [0.717, 1.165) is 6.08 Å². The summed E-state index contributed by atoms with van der Waals surface area (Å²) < 4.78 is 46.9. The van der Waals surface area contributed by atoms with Gasteiger partial charge in [-0.1, -0.05) is 38.6 Å². The van der Waals surface area contributed by atoms with E-state index in [1.54, 1.807) is 20.8 Å². The highest BCUT2D eigenvalue weighted by Gasteiger charge is 2.75. The smallest absolute Gasteiger partial charge is 0.242 e. The molecule has 0 bridgehead atoms. The van der Waals surface area contributed by atoms with Crippen LogP contribution in [0.1, 0.15) is 59.8 Å². The molecule has 272 valence electrons. The number of ketones is 1. The molecule has 49 heavy (non-hydrogen) atoms. The summed E-state index contributed by atoms with van der Waals surface area (Å²) >= 11 is 0.350. The van der Waals surface area contributed by atoms with Crippen molar-refractivity contribution in [2.24, 2.45) is 34.3 Å². The molecule has 0 aromatic rings. The summed E-state index contributed by atoms with van der Waals surface area (Å²) in [5.74, 6) is -5.07. The Morgan fingerprint density at radius 1 is 1.10 bits per heavy atom. The van der Waals surface area contributed by atoms with E-state index in [1.807, 2.05) is 0 Å². The Morgan fingerprint density at radius 3 is 2.43 bits per heavy atom. The average molecular weight is 714 g/mol. The van der Waals surface area contributed by atoms with E-state index in [9.17, 15) is 38.3 Å². The quantitative estimate of drug-likeness (QED) is 0.171. The number of alkyl halides is 3. The number of halogens is 3.